The van der Waals surface area contributed by atoms with Crippen molar-refractivity contribution in [2.75, 3.05) is 11.4 Å². The van der Waals surface area contributed by atoms with Crippen LogP contribution in [0.1, 0.15) is 25.3 Å². The zero-order valence-corrected chi connectivity index (χ0v) is 23.9. The second kappa shape index (κ2) is 9.15. The van der Waals surface area contributed by atoms with Gasteiger partial charge in [0.2, 0.25) is 11.8 Å². The van der Waals surface area contributed by atoms with Crippen molar-refractivity contribution in [2.24, 2.45) is 23.7 Å². The summed E-state index contributed by atoms with van der Waals surface area (Å²) in [7, 11) is 0. The summed E-state index contributed by atoms with van der Waals surface area (Å²) in [6.07, 6.45) is 3.69. The highest BCUT2D eigenvalue weighted by molar-refractivity contribution is 6.58. The molecule has 11 heteroatoms. The normalized spacial score (nSPS) is 33.4. The summed E-state index contributed by atoms with van der Waals surface area (Å²) in [6.45, 7) is 1.95. The first-order chi connectivity index (χ1) is 20.0. The fraction of sp³-hybridized carbons (Fsp3) is 0.355. The Bertz CT molecular complexity index is 1660. The average molecular weight is 611 g/mol. The van der Waals surface area contributed by atoms with Gasteiger partial charge in [0.1, 0.15) is 17.3 Å². The molecular weight excluding hydrogens is 586 g/mol. The monoisotopic (exact) mass is 610 g/mol. The van der Waals surface area contributed by atoms with Gasteiger partial charge in [0, 0.05) is 24.4 Å². The number of carbonyl (C=O) groups is 4. The maximum atomic E-state index is 14.4. The minimum absolute atomic E-state index is 0.0245. The number of rotatable bonds is 3. The summed E-state index contributed by atoms with van der Waals surface area (Å²) in [5.41, 5.74) is 1.94. The topological polar surface area (TPSA) is 104 Å². The number of fused-ring (bicyclic) bond motifs is 5. The Morgan fingerprint density at radius 3 is 2.48 bits per heavy atom. The zero-order valence-electron chi connectivity index (χ0n) is 22.4. The molecule has 1 saturated carbocycles. The number of ether oxygens (including phenoxy) is 1. The molecule has 7 rings (SSSR count). The first kappa shape index (κ1) is 27.2. The molecule has 8 nitrogen and oxygen atoms in total. The molecule has 1 N–H and O–H groups in total. The number of halogens is 3. The summed E-state index contributed by atoms with van der Waals surface area (Å²) >= 11 is 14.7. The summed E-state index contributed by atoms with van der Waals surface area (Å²) in [5.74, 6) is -5.16. The number of aromatic hydroxyl groups is 1. The maximum Gasteiger partial charge on any atom is 0.258 e. The van der Waals surface area contributed by atoms with Gasteiger partial charge in [-0.15, -0.1) is 23.2 Å². The fourth-order valence-electron chi connectivity index (χ4n) is 7.59. The highest BCUT2D eigenvalue weighted by Gasteiger charge is 2.77. The van der Waals surface area contributed by atoms with Gasteiger partial charge in [0.25, 0.3) is 11.8 Å². The number of phenols is 1. The first-order valence-corrected chi connectivity index (χ1v) is 14.5. The molecule has 0 aromatic heterocycles. The quantitative estimate of drug-likeness (QED) is 0.312. The van der Waals surface area contributed by atoms with Crippen molar-refractivity contribution < 1.29 is 33.4 Å². The smallest absolute Gasteiger partial charge is 0.258 e. The minimum Gasteiger partial charge on any atom is -0.508 e. The van der Waals surface area contributed by atoms with E-state index in [9.17, 15) is 28.7 Å². The van der Waals surface area contributed by atoms with Crippen molar-refractivity contribution in [1.82, 2.24) is 4.90 Å². The summed E-state index contributed by atoms with van der Waals surface area (Å²) in [6, 6.07) is 9.54. The van der Waals surface area contributed by atoms with Crippen LogP contribution in [-0.4, -0.2) is 49.9 Å². The Morgan fingerprint density at radius 2 is 1.76 bits per heavy atom. The Hall–Kier alpha value is -3.69. The Balaban J connectivity index is 1.41. The van der Waals surface area contributed by atoms with Crippen LogP contribution >= 0.6 is 23.2 Å². The number of allylic oxidation sites excluding steroid dienone is 3. The number of hydrogen-bond donors (Lipinski definition) is 1. The van der Waals surface area contributed by atoms with E-state index in [-0.39, 0.29) is 49.1 Å². The number of anilines is 1. The molecule has 0 radical (unpaired) electrons. The average Bonchev–Trinajstić information content (AvgIpc) is 3.30. The molecule has 0 spiro atoms. The zero-order chi connectivity index (χ0) is 29.7. The number of alkyl halides is 2. The molecular formula is C31H25Cl2FN2O6. The number of benzene rings is 2. The van der Waals surface area contributed by atoms with Gasteiger partial charge < -0.3 is 9.84 Å². The SMILES string of the molecule is CCN1C(=O)[C@H]2[C@H](CC=C3[C@H](C4=COc5ccc(O)cc5C4)[C@]4(Cl)C(=O)N(c5ccc(F)cc5)C(=O)[C@]4(Cl)C[C@H]32)C1=O. The van der Waals surface area contributed by atoms with Gasteiger partial charge in [-0.3, -0.25) is 24.1 Å². The second-order valence-electron chi connectivity index (χ2n) is 11.5. The van der Waals surface area contributed by atoms with Crippen molar-refractivity contribution in [3.63, 3.8) is 0 Å². The van der Waals surface area contributed by atoms with Crippen LogP contribution in [0.3, 0.4) is 0 Å². The molecule has 2 saturated heterocycles. The highest BCUT2D eigenvalue weighted by atomic mass is 35.5. The Morgan fingerprint density at radius 1 is 1.02 bits per heavy atom. The van der Waals surface area contributed by atoms with Crippen molar-refractivity contribution in [2.45, 2.75) is 35.9 Å². The number of hydrogen-bond acceptors (Lipinski definition) is 6. The summed E-state index contributed by atoms with van der Waals surface area (Å²) in [5, 5.41) is 10.1. The number of likely N-dealkylation sites (tertiary alicyclic amines) is 1. The predicted molar refractivity (Wildman–Crippen MR) is 150 cm³/mol. The van der Waals surface area contributed by atoms with Gasteiger partial charge in [0.15, 0.2) is 9.75 Å². The molecule has 2 aliphatic carbocycles. The van der Waals surface area contributed by atoms with E-state index in [0.29, 0.717) is 22.5 Å². The lowest BCUT2D eigenvalue weighted by Crippen LogP contribution is -2.61. The number of carbonyl (C=O) groups excluding carboxylic acids is 4. The van der Waals surface area contributed by atoms with Gasteiger partial charge in [-0.05, 0) is 73.7 Å². The third-order valence-electron chi connectivity index (χ3n) is 9.45. The van der Waals surface area contributed by atoms with Crippen molar-refractivity contribution in [3.8, 4) is 11.5 Å². The predicted octanol–water partition coefficient (Wildman–Crippen LogP) is 4.47. The molecule has 0 unspecified atom stereocenters. The van der Waals surface area contributed by atoms with E-state index in [2.05, 4.69) is 0 Å². The van der Waals surface area contributed by atoms with Gasteiger partial charge >= 0.3 is 0 Å². The molecule has 2 aromatic carbocycles. The molecule has 5 aliphatic rings. The van der Waals surface area contributed by atoms with Crippen molar-refractivity contribution >= 4 is 52.5 Å². The lowest BCUT2D eigenvalue weighted by Gasteiger charge is -2.51. The molecule has 3 fully saturated rings. The maximum absolute atomic E-state index is 14.4. The van der Waals surface area contributed by atoms with Crippen LogP contribution in [0.15, 0.2) is 65.9 Å². The van der Waals surface area contributed by atoms with Gasteiger partial charge in [0.05, 0.1) is 23.8 Å². The summed E-state index contributed by atoms with van der Waals surface area (Å²) in [4.78, 5) is 53.4. The van der Waals surface area contributed by atoms with E-state index in [1.807, 2.05) is 6.08 Å². The molecule has 3 aliphatic heterocycles. The van der Waals surface area contributed by atoms with Gasteiger partial charge in [-0.25, -0.2) is 9.29 Å². The number of nitrogens with zero attached hydrogens (tertiary/aromatic N) is 2. The first-order valence-electron chi connectivity index (χ1n) is 13.8. The largest absolute Gasteiger partial charge is 0.508 e. The van der Waals surface area contributed by atoms with Crippen LogP contribution < -0.4 is 9.64 Å². The van der Waals surface area contributed by atoms with E-state index < -0.39 is 51.1 Å². The van der Waals surface area contributed by atoms with E-state index in [1.54, 1.807) is 19.1 Å². The molecule has 6 atom stereocenters. The number of amides is 4. The molecule has 2 aromatic rings. The lowest BCUT2D eigenvalue weighted by atomic mass is 9.56. The van der Waals surface area contributed by atoms with E-state index in [0.717, 1.165) is 17.0 Å². The van der Waals surface area contributed by atoms with E-state index >= 15 is 0 Å². The number of imide groups is 2. The van der Waals surface area contributed by atoms with Crippen LogP contribution in [0.5, 0.6) is 11.5 Å². The fourth-order valence-corrected chi connectivity index (χ4v) is 8.54. The highest BCUT2D eigenvalue weighted by Crippen LogP contribution is 2.65. The summed E-state index contributed by atoms with van der Waals surface area (Å²) < 4.78 is 19.7. The Kier molecular flexibility index (Phi) is 5.92. The minimum atomic E-state index is -2.03. The van der Waals surface area contributed by atoms with Crippen LogP contribution in [0.4, 0.5) is 10.1 Å². The third-order valence-corrected chi connectivity index (χ3v) is 10.9. The van der Waals surface area contributed by atoms with Crippen LogP contribution in [0.25, 0.3) is 0 Å². The molecule has 216 valence electrons. The van der Waals surface area contributed by atoms with Gasteiger partial charge in [-0.1, -0.05) is 11.6 Å². The van der Waals surface area contributed by atoms with Crippen molar-refractivity contribution in [1.29, 1.82) is 0 Å². The van der Waals surface area contributed by atoms with Crippen LogP contribution in [0, 0.1) is 29.5 Å². The molecule has 3 heterocycles. The van der Waals surface area contributed by atoms with E-state index in [4.69, 9.17) is 27.9 Å². The molecule has 0 bridgehead atoms. The van der Waals surface area contributed by atoms with Crippen LogP contribution in [-0.2, 0) is 25.6 Å². The van der Waals surface area contributed by atoms with E-state index in [1.165, 1.54) is 29.4 Å². The second-order valence-corrected chi connectivity index (χ2v) is 12.7. The van der Waals surface area contributed by atoms with Crippen molar-refractivity contribution in [3.05, 3.63) is 77.3 Å². The standard InChI is InChI=1S/C31H25Cl2FN2O6/c1-2-35-26(38)21-9-8-20-22(24(21)27(35)39)13-30(32)28(40)36(18-5-3-17(34)4-6-18)29(41)31(30,33)25(20)16-11-15-12-19(37)7-10-23(15)42-14-16/h3-8,10,12,14,21-22,24-25,37H,2,9,11,13H2,1H3/t21-,22+,24-,25-,30+,31-/m0/s1. The Labute approximate surface area is 250 Å². The third kappa shape index (κ3) is 3.40. The number of phenolic OH excluding ortho intramolecular Hbond substituents is 1. The molecule has 42 heavy (non-hydrogen) atoms. The lowest BCUT2D eigenvalue weighted by molar-refractivity contribution is -0.140. The van der Waals surface area contributed by atoms with Crippen LogP contribution in [0.2, 0.25) is 0 Å². The van der Waals surface area contributed by atoms with Gasteiger partial charge in [-0.2, -0.15) is 0 Å². The molecule has 4 amide bonds.